The van der Waals surface area contributed by atoms with Crippen LogP contribution in [0, 0.1) is 0 Å². The molecule has 3 heterocycles. The fraction of sp³-hybridized carbons (Fsp3) is 0.571. The number of ether oxygens (including phenoxy) is 2. The lowest BCUT2D eigenvalue weighted by molar-refractivity contribution is -0.0589. The van der Waals surface area contributed by atoms with Crippen LogP contribution in [0.4, 0.5) is 0 Å². The maximum absolute atomic E-state index is 11.8. The molecule has 1 unspecified atom stereocenters. The van der Waals surface area contributed by atoms with Gasteiger partial charge in [0, 0.05) is 18.9 Å². The molecule has 0 aliphatic carbocycles. The number of nitrogens with zero attached hydrogens (tertiary/aromatic N) is 2. The fourth-order valence-corrected chi connectivity index (χ4v) is 3.49. The second-order valence-electron chi connectivity index (χ2n) is 4.88. The molecule has 1 fully saturated rings. The second kappa shape index (κ2) is 6.34. The number of thiophene rings is 1. The first-order valence-electron chi connectivity index (χ1n) is 7.06. The topological polar surface area (TPSA) is 53.3 Å². The average molecular weight is 329 g/mol. The summed E-state index contributed by atoms with van der Waals surface area (Å²) in [4.78, 5) is 17.9. The SMILES string of the molecule is CCOC(=O)c1cc2c(nc(CCCl)n2CC2CCO2)s1. The highest BCUT2D eigenvalue weighted by Crippen LogP contribution is 2.29. The summed E-state index contributed by atoms with van der Waals surface area (Å²) in [6, 6.07) is 1.86. The number of aryl methyl sites for hydroxylation is 1. The van der Waals surface area contributed by atoms with E-state index in [1.54, 1.807) is 6.92 Å². The van der Waals surface area contributed by atoms with Crippen molar-refractivity contribution in [1.82, 2.24) is 9.55 Å². The summed E-state index contributed by atoms with van der Waals surface area (Å²) in [6.45, 7) is 3.77. The summed E-state index contributed by atoms with van der Waals surface area (Å²) in [5.41, 5.74) is 0.971. The molecule has 0 spiro atoms. The molecule has 1 saturated heterocycles. The van der Waals surface area contributed by atoms with Gasteiger partial charge >= 0.3 is 5.97 Å². The van der Waals surface area contributed by atoms with E-state index in [1.807, 2.05) is 6.07 Å². The minimum Gasteiger partial charge on any atom is -0.462 e. The highest BCUT2D eigenvalue weighted by Gasteiger charge is 2.23. The molecule has 21 heavy (non-hydrogen) atoms. The zero-order chi connectivity index (χ0) is 14.8. The van der Waals surface area contributed by atoms with E-state index in [0.29, 0.717) is 23.8 Å². The van der Waals surface area contributed by atoms with Gasteiger partial charge < -0.3 is 14.0 Å². The zero-order valence-electron chi connectivity index (χ0n) is 11.8. The van der Waals surface area contributed by atoms with Crippen LogP contribution in [0.3, 0.4) is 0 Å². The van der Waals surface area contributed by atoms with Gasteiger partial charge in [0.2, 0.25) is 0 Å². The van der Waals surface area contributed by atoms with Gasteiger partial charge in [0.05, 0.1) is 24.8 Å². The molecule has 0 N–H and O–H groups in total. The molecular formula is C14H17ClN2O3S. The quantitative estimate of drug-likeness (QED) is 0.604. The standard InChI is InChI=1S/C14H17ClN2O3S/c1-2-19-14(18)11-7-10-13(21-11)16-12(3-5-15)17(10)8-9-4-6-20-9/h7,9H,2-6,8H2,1H3. The van der Waals surface area contributed by atoms with Crippen molar-refractivity contribution in [1.29, 1.82) is 0 Å². The van der Waals surface area contributed by atoms with Crippen LogP contribution < -0.4 is 0 Å². The molecular weight excluding hydrogens is 312 g/mol. The van der Waals surface area contributed by atoms with Crippen LogP contribution in [0.5, 0.6) is 0 Å². The van der Waals surface area contributed by atoms with Crippen molar-refractivity contribution >= 4 is 39.3 Å². The third-order valence-corrected chi connectivity index (χ3v) is 4.69. The van der Waals surface area contributed by atoms with Gasteiger partial charge in [-0.2, -0.15) is 0 Å². The van der Waals surface area contributed by atoms with Crippen LogP contribution in [0.1, 0.15) is 28.8 Å². The summed E-state index contributed by atoms with van der Waals surface area (Å²) >= 11 is 7.22. The highest BCUT2D eigenvalue weighted by atomic mass is 35.5. The molecule has 5 nitrogen and oxygen atoms in total. The second-order valence-corrected chi connectivity index (χ2v) is 6.29. The van der Waals surface area contributed by atoms with Gasteiger partial charge in [-0.15, -0.1) is 22.9 Å². The average Bonchev–Trinajstić information content (AvgIpc) is 2.93. The number of imidazole rings is 1. The minimum atomic E-state index is -0.286. The molecule has 1 aliphatic rings. The third kappa shape index (κ3) is 2.93. The smallest absolute Gasteiger partial charge is 0.348 e. The number of aromatic nitrogens is 2. The molecule has 0 saturated carbocycles. The number of halogens is 1. The van der Waals surface area contributed by atoms with Crippen LogP contribution in [-0.4, -0.2) is 40.7 Å². The molecule has 3 rings (SSSR count). The summed E-state index contributed by atoms with van der Waals surface area (Å²) in [7, 11) is 0. The number of rotatable bonds is 6. The van der Waals surface area contributed by atoms with E-state index in [9.17, 15) is 4.79 Å². The largest absolute Gasteiger partial charge is 0.462 e. The molecule has 114 valence electrons. The lowest BCUT2D eigenvalue weighted by Crippen LogP contribution is -2.31. The van der Waals surface area contributed by atoms with Crippen molar-refractivity contribution < 1.29 is 14.3 Å². The van der Waals surface area contributed by atoms with E-state index >= 15 is 0 Å². The Bertz CT molecular complexity index is 648. The zero-order valence-corrected chi connectivity index (χ0v) is 13.4. The van der Waals surface area contributed by atoms with Crippen LogP contribution in [-0.2, 0) is 22.4 Å². The Morgan fingerprint density at radius 3 is 3.10 bits per heavy atom. The maximum Gasteiger partial charge on any atom is 0.348 e. The molecule has 2 aromatic rings. The maximum atomic E-state index is 11.8. The van der Waals surface area contributed by atoms with Crippen molar-refractivity contribution in [3.63, 3.8) is 0 Å². The van der Waals surface area contributed by atoms with Crippen LogP contribution in [0.25, 0.3) is 10.3 Å². The van der Waals surface area contributed by atoms with Crippen molar-refractivity contribution in [2.45, 2.75) is 32.4 Å². The summed E-state index contributed by atoms with van der Waals surface area (Å²) < 4.78 is 12.7. The normalized spacial score (nSPS) is 17.9. The fourth-order valence-electron chi connectivity index (χ4n) is 2.38. The third-order valence-electron chi connectivity index (χ3n) is 3.50. The van der Waals surface area contributed by atoms with Crippen molar-refractivity contribution in [3.05, 3.63) is 16.8 Å². The molecule has 1 atom stereocenters. The van der Waals surface area contributed by atoms with Gasteiger partial charge in [-0.3, -0.25) is 0 Å². The predicted octanol–water partition coefficient (Wildman–Crippen LogP) is 2.84. The van der Waals surface area contributed by atoms with E-state index in [4.69, 9.17) is 21.1 Å². The monoisotopic (exact) mass is 328 g/mol. The minimum absolute atomic E-state index is 0.238. The van der Waals surface area contributed by atoms with Crippen LogP contribution in [0.2, 0.25) is 0 Å². The van der Waals surface area contributed by atoms with Gasteiger partial charge in [-0.25, -0.2) is 9.78 Å². The molecule has 0 amide bonds. The van der Waals surface area contributed by atoms with Gasteiger partial charge in [-0.05, 0) is 19.4 Å². The first kappa shape index (κ1) is 14.8. The van der Waals surface area contributed by atoms with Gasteiger partial charge in [0.1, 0.15) is 15.5 Å². The number of hydrogen-bond donors (Lipinski definition) is 0. The van der Waals surface area contributed by atoms with Crippen molar-refractivity contribution in [3.8, 4) is 0 Å². The van der Waals surface area contributed by atoms with E-state index in [0.717, 1.165) is 35.7 Å². The van der Waals surface area contributed by atoms with E-state index < -0.39 is 0 Å². The van der Waals surface area contributed by atoms with Crippen molar-refractivity contribution in [2.24, 2.45) is 0 Å². The van der Waals surface area contributed by atoms with Gasteiger partial charge in [0.25, 0.3) is 0 Å². The summed E-state index contributed by atoms with van der Waals surface area (Å²) in [6.07, 6.45) is 2.02. The molecule has 0 radical (unpaired) electrons. The number of alkyl halides is 1. The Kier molecular flexibility index (Phi) is 4.47. The lowest BCUT2D eigenvalue weighted by Gasteiger charge is -2.27. The van der Waals surface area contributed by atoms with Gasteiger partial charge in [-0.1, -0.05) is 0 Å². The number of fused-ring (bicyclic) bond motifs is 1. The van der Waals surface area contributed by atoms with Crippen LogP contribution in [0.15, 0.2) is 6.07 Å². The molecule has 2 aromatic heterocycles. The first-order valence-corrected chi connectivity index (χ1v) is 8.41. The first-order chi connectivity index (χ1) is 10.2. The van der Waals surface area contributed by atoms with Gasteiger partial charge in [0.15, 0.2) is 0 Å². The summed E-state index contributed by atoms with van der Waals surface area (Å²) in [5.74, 6) is 1.20. The van der Waals surface area contributed by atoms with E-state index in [-0.39, 0.29) is 12.1 Å². The highest BCUT2D eigenvalue weighted by molar-refractivity contribution is 7.20. The van der Waals surface area contributed by atoms with E-state index in [2.05, 4.69) is 9.55 Å². The lowest BCUT2D eigenvalue weighted by atomic mass is 10.2. The molecule has 7 heteroatoms. The van der Waals surface area contributed by atoms with Crippen molar-refractivity contribution in [2.75, 3.05) is 19.1 Å². The Morgan fingerprint density at radius 1 is 1.67 bits per heavy atom. The molecule has 0 aromatic carbocycles. The number of esters is 1. The molecule has 1 aliphatic heterocycles. The number of carbonyl (C=O) groups is 1. The Hall–Kier alpha value is -1.11. The Labute approximate surface area is 131 Å². The molecule has 0 bridgehead atoms. The number of carbonyl (C=O) groups excluding carboxylic acids is 1. The Balaban J connectivity index is 1.93. The summed E-state index contributed by atoms with van der Waals surface area (Å²) in [5, 5.41) is 0. The van der Waals surface area contributed by atoms with E-state index in [1.165, 1.54) is 11.3 Å². The Morgan fingerprint density at radius 2 is 2.48 bits per heavy atom. The predicted molar refractivity (Wildman–Crippen MR) is 82.3 cm³/mol. The number of hydrogen-bond acceptors (Lipinski definition) is 5. The van der Waals surface area contributed by atoms with Crippen LogP contribution >= 0.6 is 22.9 Å².